The molecule has 1 fully saturated rings. The first kappa shape index (κ1) is 7.03. The molecular formula is C3H8NOPS2. The minimum atomic E-state index is -1.55. The summed E-state index contributed by atoms with van der Waals surface area (Å²) < 4.78 is 5.27. The summed E-state index contributed by atoms with van der Waals surface area (Å²) in [6.45, 7) is 1.72. The van der Waals surface area contributed by atoms with E-state index in [9.17, 15) is 0 Å². The molecule has 1 N–H and O–H groups in total. The Labute approximate surface area is 58.3 Å². The quantitative estimate of drug-likeness (QED) is 0.595. The van der Waals surface area contributed by atoms with Crippen molar-refractivity contribution in [1.29, 1.82) is 0 Å². The van der Waals surface area contributed by atoms with E-state index in [2.05, 4.69) is 5.09 Å². The van der Waals surface area contributed by atoms with Crippen molar-refractivity contribution in [3.05, 3.63) is 0 Å². The Hall–Kier alpha value is 0.920. The maximum Gasteiger partial charge on any atom is 0.185 e. The second kappa shape index (κ2) is 2.67. The Morgan fingerprint density at radius 2 is 2.62 bits per heavy atom. The van der Waals surface area contributed by atoms with Gasteiger partial charge in [-0.15, -0.1) is 0 Å². The topological polar surface area (TPSA) is 21.3 Å². The highest BCUT2D eigenvalue weighted by Gasteiger charge is 2.20. The van der Waals surface area contributed by atoms with Gasteiger partial charge in [-0.2, -0.15) is 0 Å². The molecule has 1 unspecified atom stereocenters. The summed E-state index contributed by atoms with van der Waals surface area (Å²) in [7, 11) is 0. The SMILES string of the molecule is CSP1(=S)NCCO1. The van der Waals surface area contributed by atoms with Crippen LogP contribution in [0, 0.1) is 0 Å². The van der Waals surface area contributed by atoms with E-state index in [0.717, 1.165) is 13.2 Å². The zero-order valence-corrected chi connectivity index (χ0v) is 7.11. The standard InChI is InChI=1S/C3H8NOPS2/c1-8-6(7)4-2-3-5-6/h2-3H2,1H3,(H,4,7). The molecule has 0 bridgehead atoms. The highest BCUT2D eigenvalue weighted by molar-refractivity contribution is 8.68. The maximum absolute atomic E-state index is 5.27. The summed E-state index contributed by atoms with van der Waals surface area (Å²) in [6, 6.07) is 0. The van der Waals surface area contributed by atoms with Crippen LogP contribution in [-0.4, -0.2) is 19.4 Å². The Morgan fingerprint density at radius 1 is 1.88 bits per heavy atom. The average Bonchev–Trinajstić information content (AvgIpc) is 2.17. The average molecular weight is 169 g/mol. The third-order valence-electron chi connectivity index (χ3n) is 0.909. The molecule has 1 saturated heterocycles. The van der Waals surface area contributed by atoms with Crippen LogP contribution in [0.25, 0.3) is 0 Å². The molecule has 1 aliphatic heterocycles. The second-order valence-electron chi connectivity index (χ2n) is 1.42. The van der Waals surface area contributed by atoms with Gasteiger partial charge in [0.25, 0.3) is 0 Å². The predicted octanol–water partition coefficient (Wildman–Crippen LogP) is 1.19. The Kier molecular flexibility index (Phi) is 2.35. The van der Waals surface area contributed by atoms with Gasteiger partial charge in [0, 0.05) is 6.54 Å². The summed E-state index contributed by atoms with van der Waals surface area (Å²) in [4.78, 5) is 0. The summed E-state index contributed by atoms with van der Waals surface area (Å²) in [5.74, 6) is 0. The van der Waals surface area contributed by atoms with Gasteiger partial charge in [0.05, 0.1) is 6.61 Å². The smallest absolute Gasteiger partial charge is 0.185 e. The van der Waals surface area contributed by atoms with Gasteiger partial charge in [-0.25, -0.2) is 0 Å². The van der Waals surface area contributed by atoms with E-state index in [4.69, 9.17) is 16.3 Å². The largest absolute Gasteiger partial charge is 0.329 e. The summed E-state index contributed by atoms with van der Waals surface area (Å²) in [6.07, 6.45) is 1.99. The van der Waals surface area contributed by atoms with E-state index in [0.29, 0.717) is 0 Å². The van der Waals surface area contributed by atoms with Crippen LogP contribution in [0.5, 0.6) is 0 Å². The van der Waals surface area contributed by atoms with Gasteiger partial charge < -0.3 is 4.52 Å². The fourth-order valence-corrected chi connectivity index (χ4v) is 3.23. The van der Waals surface area contributed by atoms with Crippen molar-refractivity contribution in [2.45, 2.75) is 0 Å². The lowest BCUT2D eigenvalue weighted by atomic mass is 10.8. The molecule has 48 valence electrons. The van der Waals surface area contributed by atoms with Crippen molar-refractivity contribution in [3.8, 4) is 0 Å². The van der Waals surface area contributed by atoms with Crippen molar-refractivity contribution in [1.82, 2.24) is 5.09 Å². The lowest BCUT2D eigenvalue weighted by molar-refractivity contribution is 0.403. The van der Waals surface area contributed by atoms with Gasteiger partial charge in [0.1, 0.15) is 0 Å². The molecule has 5 heteroatoms. The van der Waals surface area contributed by atoms with Crippen LogP contribution in [0.2, 0.25) is 0 Å². The van der Waals surface area contributed by atoms with Gasteiger partial charge in [-0.3, -0.25) is 5.09 Å². The zero-order chi connectivity index (χ0) is 6.04. The van der Waals surface area contributed by atoms with Crippen molar-refractivity contribution in [2.24, 2.45) is 0 Å². The first-order valence-corrected chi connectivity index (χ1v) is 6.87. The van der Waals surface area contributed by atoms with E-state index < -0.39 is 5.62 Å². The number of nitrogens with one attached hydrogen (secondary N) is 1. The molecule has 0 amide bonds. The van der Waals surface area contributed by atoms with E-state index in [1.54, 1.807) is 11.4 Å². The van der Waals surface area contributed by atoms with E-state index >= 15 is 0 Å². The molecule has 0 radical (unpaired) electrons. The molecule has 0 aromatic carbocycles. The summed E-state index contributed by atoms with van der Waals surface area (Å²) in [5.41, 5.74) is -1.55. The van der Waals surface area contributed by atoms with Crippen molar-refractivity contribution >= 4 is 28.8 Å². The van der Waals surface area contributed by atoms with Gasteiger partial charge in [0.2, 0.25) is 0 Å². The lowest BCUT2D eigenvalue weighted by Gasteiger charge is -2.08. The zero-order valence-electron chi connectivity index (χ0n) is 4.59. The summed E-state index contributed by atoms with van der Waals surface area (Å²) in [5, 5.41) is 3.15. The van der Waals surface area contributed by atoms with Crippen molar-refractivity contribution < 1.29 is 4.52 Å². The van der Waals surface area contributed by atoms with Gasteiger partial charge in [-0.05, 0) is 18.1 Å². The Balaban J connectivity index is 2.53. The molecule has 1 heterocycles. The van der Waals surface area contributed by atoms with E-state index in [-0.39, 0.29) is 0 Å². The summed E-state index contributed by atoms with van der Waals surface area (Å²) >= 11 is 6.74. The molecule has 1 atom stereocenters. The number of hydrogen-bond acceptors (Lipinski definition) is 3. The molecule has 0 aliphatic carbocycles. The third kappa shape index (κ3) is 1.45. The minimum absolute atomic E-state index is 0.790. The number of rotatable bonds is 1. The molecule has 0 saturated carbocycles. The fourth-order valence-electron chi connectivity index (χ4n) is 0.511. The predicted molar refractivity (Wildman–Crippen MR) is 41.8 cm³/mol. The van der Waals surface area contributed by atoms with Gasteiger partial charge in [-0.1, -0.05) is 11.4 Å². The van der Waals surface area contributed by atoms with Crippen LogP contribution in [0.1, 0.15) is 0 Å². The first-order chi connectivity index (χ1) is 3.77. The normalized spacial score (nSPS) is 38.1. The van der Waals surface area contributed by atoms with Crippen molar-refractivity contribution in [3.63, 3.8) is 0 Å². The minimum Gasteiger partial charge on any atom is -0.329 e. The molecule has 0 spiro atoms. The van der Waals surface area contributed by atoms with Gasteiger partial charge in [0.15, 0.2) is 5.62 Å². The van der Waals surface area contributed by atoms with Crippen LogP contribution in [-0.2, 0) is 16.3 Å². The van der Waals surface area contributed by atoms with Crippen LogP contribution in [0.3, 0.4) is 0 Å². The third-order valence-corrected chi connectivity index (χ3v) is 6.71. The van der Waals surface area contributed by atoms with Crippen LogP contribution >= 0.6 is 17.0 Å². The molecule has 2 nitrogen and oxygen atoms in total. The van der Waals surface area contributed by atoms with Crippen LogP contribution in [0.4, 0.5) is 0 Å². The van der Waals surface area contributed by atoms with Gasteiger partial charge >= 0.3 is 0 Å². The Morgan fingerprint density at radius 3 is 2.88 bits per heavy atom. The lowest BCUT2D eigenvalue weighted by Crippen LogP contribution is -1.99. The number of hydrogen-bond donors (Lipinski definition) is 1. The molecule has 1 aliphatic rings. The highest BCUT2D eigenvalue weighted by atomic mass is 32.9. The van der Waals surface area contributed by atoms with E-state index in [1.807, 2.05) is 6.26 Å². The van der Waals surface area contributed by atoms with Crippen LogP contribution < -0.4 is 5.09 Å². The van der Waals surface area contributed by atoms with Crippen LogP contribution in [0.15, 0.2) is 0 Å². The molecule has 1 rings (SSSR count). The molecular weight excluding hydrogens is 161 g/mol. The first-order valence-electron chi connectivity index (χ1n) is 2.32. The highest BCUT2D eigenvalue weighted by Crippen LogP contribution is 2.56. The maximum atomic E-state index is 5.27. The molecule has 8 heavy (non-hydrogen) atoms. The monoisotopic (exact) mass is 169 g/mol. The Bertz CT molecular complexity index is 118. The van der Waals surface area contributed by atoms with E-state index in [1.165, 1.54) is 0 Å². The fraction of sp³-hybridized carbons (Fsp3) is 1.00. The van der Waals surface area contributed by atoms with Crippen molar-refractivity contribution in [2.75, 3.05) is 19.4 Å². The molecule has 0 aromatic heterocycles. The second-order valence-corrected chi connectivity index (χ2v) is 8.23. The molecule has 0 aromatic rings.